The van der Waals surface area contributed by atoms with Crippen molar-refractivity contribution in [2.75, 3.05) is 19.8 Å². The molecule has 0 spiro atoms. The van der Waals surface area contributed by atoms with Gasteiger partial charge in [0.2, 0.25) is 0 Å². The van der Waals surface area contributed by atoms with E-state index >= 15 is 0 Å². The summed E-state index contributed by atoms with van der Waals surface area (Å²) >= 11 is 1.44. The summed E-state index contributed by atoms with van der Waals surface area (Å²) in [5.74, 6) is 1.49. The van der Waals surface area contributed by atoms with Crippen molar-refractivity contribution in [3.05, 3.63) is 35.2 Å². The number of carbonyl (C=O) groups excluding carboxylic acids is 1. The van der Waals surface area contributed by atoms with Crippen molar-refractivity contribution >= 4 is 17.1 Å². The summed E-state index contributed by atoms with van der Waals surface area (Å²) in [6.07, 6.45) is 0. The van der Waals surface area contributed by atoms with Crippen LogP contribution in [0.1, 0.15) is 9.67 Å². The maximum absolute atomic E-state index is 11.5. The molecule has 19 heavy (non-hydrogen) atoms. The van der Waals surface area contributed by atoms with Crippen molar-refractivity contribution in [1.29, 1.82) is 0 Å². The highest BCUT2D eigenvalue weighted by molar-refractivity contribution is 7.17. The lowest BCUT2D eigenvalue weighted by molar-refractivity contribution is 0.100. The second-order valence-corrected chi connectivity index (χ2v) is 5.23. The van der Waals surface area contributed by atoms with Crippen molar-refractivity contribution in [2.45, 2.75) is 0 Å². The van der Waals surface area contributed by atoms with Crippen LogP contribution in [0.2, 0.25) is 0 Å². The van der Waals surface area contributed by atoms with Gasteiger partial charge in [-0.1, -0.05) is 0 Å². The second kappa shape index (κ2) is 5.03. The number of Topliss-reactive ketones (excluding diaryl/α,β-unsaturated/α-hetero) is 1. The van der Waals surface area contributed by atoms with Crippen LogP contribution in [0.3, 0.4) is 0 Å². The third-order valence-electron chi connectivity index (χ3n) is 2.89. The Hall–Kier alpha value is -1.85. The fourth-order valence-electron chi connectivity index (χ4n) is 1.94. The van der Waals surface area contributed by atoms with E-state index in [9.17, 15) is 4.79 Å². The van der Waals surface area contributed by atoms with E-state index in [4.69, 9.17) is 15.2 Å². The Morgan fingerprint density at radius 2 is 1.95 bits per heavy atom. The number of hydrogen-bond donors (Lipinski definition) is 1. The monoisotopic (exact) mass is 275 g/mol. The molecule has 0 atom stereocenters. The van der Waals surface area contributed by atoms with Crippen LogP contribution >= 0.6 is 11.3 Å². The molecule has 4 nitrogen and oxygen atoms in total. The number of thiophene rings is 1. The Labute approximate surface area is 114 Å². The number of hydrogen-bond acceptors (Lipinski definition) is 5. The van der Waals surface area contributed by atoms with Crippen LogP contribution in [-0.2, 0) is 0 Å². The predicted octanol–water partition coefficient (Wildman–Crippen LogP) is 2.33. The molecule has 0 saturated carbocycles. The van der Waals surface area contributed by atoms with E-state index in [1.165, 1.54) is 11.3 Å². The van der Waals surface area contributed by atoms with Crippen LogP contribution in [-0.4, -0.2) is 25.5 Å². The SMILES string of the molecule is NCC(=O)c1ccc(-c2ccc3c(c2)OCCO3)s1. The summed E-state index contributed by atoms with van der Waals surface area (Å²) in [5.41, 5.74) is 6.38. The van der Waals surface area contributed by atoms with Crippen LogP contribution in [0.25, 0.3) is 10.4 Å². The third-order valence-corrected chi connectivity index (χ3v) is 4.07. The number of nitrogens with two attached hydrogens (primary N) is 1. The van der Waals surface area contributed by atoms with Gasteiger partial charge in [-0.15, -0.1) is 11.3 Å². The zero-order valence-electron chi connectivity index (χ0n) is 10.2. The van der Waals surface area contributed by atoms with Crippen LogP contribution in [0, 0.1) is 0 Å². The van der Waals surface area contributed by atoms with Gasteiger partial charge in [0.25, 0.3) is 0 Å². The van der Waals surface area contributed by atoms with Crippen LogP contribution in [0.5, 0.6) is 11.5 Å². The first kappa shape index (κ1) is 12.2. The fourth-order valence-corrected chi connectivity index (χ4v) is 2.89. The minimum Gasteiger partial charge on any atom is -0.486 e. The fraction of sp³-hybridized carbons (Fsp3) is 0.214. The number of ether oxygens (including phenoxy) is 2. The summed E-state index contributed by atoms with van der Waals surface area (Å²) < 4.78 is 11.0. The Morgan fingerprint density at radius 3 is 2.74 bits per heavy atom. The molecule has 2 heterocycles. The van der Waals surface area contributed by atoms with Gasteiger partial charge in [-0.05, 0) is 35.9 Å². The molecule has 0 radical (unpaired) electrons. The molecule has 0 amide bonds. The summed E-state index contributed by atoms with van der Waals surface area (Å²) in [4.78, 5) is 13.2. The van der Waals surface area contributed by atoms with Gasteiger partial charge in [-0.25, -0.2) is 0 Å². The van der Waals surface area contributed by atoms with Gasteiger partial charge in [0.1, 0.15) is 13.2 Å². The summed E-state index contributed by atoms with van der Waals surface area (Å²) in [5, 5.41) is 0. The van der Waals surface area contributed by atoms with Crippen molar-refractivity contribution < 1.29 is 14.3 Å². The molecule has 0 aliphatic carbocycles. The lowest BCUT2D eigenvalue weighted by Crippen LogP contribution is -2.15. The van der Waals surface area contributed by atoms with Gasteiger partial charge in [0, 0.05) is 4.88 Å². The third kappa shape index (κ3) is 2.34. The molecule has 1 aromatic carbocycles. The van der Waals surface area contributed by atoms with E-state index in [1.807, 2.05) is 30.3 Å². The van der Waals surface area contributed by atoms with Crippen LogP contribution in [0.15, 0.2) is 30.3 Å². The van der Waals surface area contributed by atoms with E-state index in [-0.39, 0.29) is 12.3 Å². The largest absolute Gasteiger partial charge is 0.486 e. The van der Waals surface area contributed by atoms with Gasteiger partial charge in [0.05, 0.1) is 11.4 Å². The number of rotatable bonds is 3. The smallest absolute Gasteiger partial charge is 0.186 e. The summed E-state index contributed by atoms with van der Waals surface area (Å²) in [6, 6.07) is 9.55. The molecule has 0 saturated heterocycles. The normalized spacial score (nSPS) is 13.3. The Balaban J connectivity index is 1.93. The molecule has 0 bridgehead atoms. The maximum atomic E-state index is 11.5. The van der Waals surface area contributed by atoms with Gasteiger partial charge < -0.3 is 15.2 Å². The van der Waals surface area contributed by atoms with E-state index in [2.05, 4.69) is 0 Å². The minimum absolute atomic E-state index is 0.0335. The van der Waals surface area contributed by atoms with Crippen molar-refractivity contribution in [2.24, 2.45) is 5.73 Å². The summed E-state index contributed by atoms with van der Waals surface area (Å²) in [7, 11) is 0. The average molecular weight is 275 g/mol. The van der Waals surface area contributed by atoms with Crippen molar-refractivity contribution in [3.63, 3.8) is 0 Å². The Morgan fingerprint density at radius 1 is 1.16 bits per heavy atom. The molecule has 0 unspecified atom stereocenters. The lowest BCUT2D eigenvalue weighted by atomic mass is 10.1. The first-order chi connectivity index (χ1) is 9.28. The first-order valence-corrected chi connectivity index (χ1v) is 6.82. The molecular weight excluding hydrogens is 262 g/mol. The van der Waals surface area contributed by atoms with Gasteiger partial charge >= 0.3 is 0 Å². The highest BCUT2D eigenvalue weighted by atomic mass is 32.1. The molecule has 1 aliphatic heterocycles. The summed E-state index contributed by atoms with van der Waals surface area (Å²) in [6.45, 7) is 1.19. The highest BCUT2D eigenvalue weighted by Crippen LogP contribution is 2.36. The standard InChI is InChI=1S/C14H13NO3S/c15-8-10(16)14-4-3-13(19-14)9-1-2-11-12(7-9)18-6-5-17-11/h1-4,7H,5-6,8,15H2. The molecule has 2 aromatic rings. The Bertz CT molecular complexity index is 621. The second-order valence-electron chi connectivity index (χ2n) is 4.15. The molecule has 98 valence electrons. The topological polar surface area (TPSA) is 61.6 Å². The van der Waals surface area contributed by atoms with E-state index < -0.39 is 0 Å². The zero-order chi connectivity index (χ0) is 13.2. The van der Waals surface area contributed by atoms with Crippen LogP contribution in [0.4, 0.5) is 0 Å². The number of benzene rings is 1. The molecule has 3 rings (SSSR count). The van der Waals surface area contributed by atoms with E-state index in [0.717, 1.165) is 21.9 Å². The quantitative estimate of drug-likeness (QED) is 0.873. The molecule has 0 fully saturated rings. The molecular formula is C14H13NO3S. The molecule has 5 heteroatoms. The highest BCUT2D eigenvalue weighted by Gasteiger charge is 2.14. The van der Waals surface area contributed by atoms with Crippen molar-refractivity contribution in [1.82, 2.24) is 0 Å². The van der Waals surface area contributed by atoms with E-state index in [1.54, 1.807) is 0 Å². The number of fused-ring (bicyclic) bond motifs is 1. The predicted molar refractivity (Wildman–Crippen MR) is 74.1 cm³/mol. The lowest BCUT2D eigenvalue weighted by Gasteiger charge is -2.18. The molecule has 1 aromatic heterocycles. The van der Waals surface area contributed by atoms with Gasteiger partial charge in [-0.3, -0.25) is 4.79 Å². The van der Waals surface area contributed by atoms with Crippen LogP contribution < -0.4 is 15.2 Å². The number of ketones is 1. The maximum Gasteiger partial charge on any atom is 0.186 e. The zero-order valence-corrected chi connectivity index (χ0v) is 11.0. The number of carbonyl (C=O) groups is 1. The van der Waals surface area contributed by atoms with Crippen molar-refractivity contribution in [3.8, 4) is 21.9 Å². The van der Waals surface area contributed by atoms with E-state index in [0.29, 0.717) is 18.1 Å². The van der Waals surface area contributed by atoms with Gasteiger partial charge in [-0.2, -0.15) is 0 Å². The van der Waals surface area contributed by atoms with Gasteiger partial charge in [0.15, 0.2) is 17.3 Å². The Kier molecular flexibility index (Phi) is 3.23. The molecule has 1 aliphatic rings. The first-order valence-electron chi connectivity index (χ1n) is 6.01. The molecule has 2 N–H and O–H groups in total. The minimum atomic E-state index is -0.0335. The average Bonchev–Trinajstić information content (AvgIpc) is 2.95.